The number of amides is 1. The van der Waals surface area contributed by atoms with Gasteiger partial charge in [0.05, 0.1) is 11.6 Å². The van der Waals surface area contributed by atoms with E-state index in [1.165, 1.54) is 11.3 Å². The van der Waals surface area contributed by atoms with Crippen LogP contribution in [0.1, 0.15) is 24.8 Å². The van der Waals surface area contributed by atoms with Crippen LogP contribution in [-0.4, -0.2) is 48.2 Å². The number of likely N-dealkylation sites (tertiary alicyclic amines) is 1. The Morgan fingerprint density at radius 1 is 1.43 bits per heavy atom. The second-order valence-electron chi connectivity index (χ2n) is 5.71. The molecule has 3 rings (SSSR count). The summed E-state index contributed by atoms with van der Waals surface area (Å²) in [7, 11) is 0. The highest BCUT2D eigenvalue weighted by Gasteiger charge is 2.40. The van der Waals surface area contributed by atoms with Crippen molar-refractivity contribution in [3.8, 4) is 6.07 Å². The van der Waals surface area contributed by atoms with Crippen molar-refractivity contribution in [1.82, 2.24) is 4.90 Å². The number of rotatable bonds is 4. The van der Waals surface area contributed by atoms with Gasteiger partial charge in [-0.2, -0.15) is 5.26 Å². The zero-order valence-corrected chi connectivity index (χ0v) is 12.7. The molecule has 1 aromatic heterocycles. The molecule has 2 fully saturated rings. The Morgan fingerprint density at radius 2 is 2.29 bits per heavy atom. The van der Waals surface area contributed by atoms with Gasteiger partial charge in [-0.15, -0.1) is 11.3 Å². The number of thiophene rings is 1. The van der Waals surface area contributed by atoms with Crippen molar-refractivity contribution in [1.29, 1.82) is 5.26 Å². The zero-order chi connectivity index (χ0) is 14.8. The number of hydrogen-bond acceptors (Lipinski definition) is 5. The lowest BCUT2D eigenvalue weighted by molar-refractivity contribution is -0.121. The van der Waals surface area contributed by atoms with Crippen molar-refractivity contribution >= 4 is 22.2 Å². The summed E-state index contributed by atoms with van der Waals surface area (Å²) in [5.74, 6) is 0.631. The molecule has 5 nitrogen and oxygen atoms in total. The summed E-state index contributed by atoms with van der Waals surface area (Å²) in [5, 5.41) is 20.8. The van der Waals surface area contributed by atoms with Gasteiger partial charge in [-0.1, -0.05) is 0 Å². The molecule has 2 unspecified atom stereocenters. The zero-order valence-electron chi connectivity index (χ0n) is 11.9. The van der Waals surface area contributed by atoms with Gasteiger partial charge in [-0.05, 0) is 43.2 Å². The van der Waals surface area contributed by atoms with E-state index in [1.807, 2.05) is 5.38 Å². The summed E-state index contributed by atoms with van der Waals surface area (Å²) < 4.78 is 0. The molecule has 21 heavy (non-hydrogen) atoms. The van der Waals surface area contributed by atoms with Gasteiger partial charge in [0.2, 0.25) is 5.91 Å². The molecular formula is C15H19N3O2S. The van der Waals surface area contributed by atoms with Gasteiger partial charge in [0, 0.05) is 19.7 Å². The number of aliphatic hydroxyl groups excluding tert-OH is 1. The number of anilines is 1. The normalized spacial score (nSPS) is 26.5. The monoisotopic (exact) mass is 305 g/mol. The Hall–Kier alpha value is -1.42. The maximum atomic E-state index is 12.7. The van der Waals surface area contributed by atoms with Crippen LogP contribution in [0.15, 0.2) is 11.4 Å². The van der Waals surface area contributed by atoms with Gasteiger partial charge in [0.25, 0.3) is 0 Å². The molecule has 1 N–H and O–H groups in total. The maximum absolute atomic E-state index is 12.7. The predicted octanol–water partition coefficient (Wildman–Crippen LogP) is 1.43. The maximum Gasteiger partial charge on any atom is 0.245 e. The Kier molecular flexibility index (Phi) is 4.24. The Balaban J connectivity index is 1.69. The number of carbonyl (C=O) groups excluding carboxylic acids is 1. The Morgan fingerprint density at radius 3 is 3.05 bits per heavy atom. The van der Waals surface area contributed by atoms with Crippen molar-refractivity contribution in [3.05, 3.63) is 17.0 Å². The molecule has 0 spiro atoms. The van der Waals surface area contributed by atoms with Crippen molar-refractivity contribution in [3.63, 3.8) is 0 Å². The molecule has 2 aliphatic heterocycles. The van der Waals surface area contributed by atoms with E-state index in [1.54, 1.807) is 11.0 Å². The highest BCUT2D eigenvalue weighted by Crippen LogP contribution is 2.33. The van der Waals surface area contributed by atoms with Crippen molar-refractivity contribution in [2.24, 2.45) is 5.92 Å². The van der Waals surface area contributed by atoms with Crippen LogP contribution in [0, 0.1) is 17.2 Å². The lowest BCUT2D eigenvalue weighted by atomic mass is 10.1. The molecular weight excluding hydrogens is 286 g/mol. The number of aliphatic hydroxyl groups is 1. The van der Waals surface area contributed by atoms with E-state index in [-0.39, 0.29) is 18.6 Å². The minimum absolute atomic E-state index is 0.0534. The second-order valence-corrected chi connectivity index (χ2v) is 6.60. The van der Waals surface area contributed by atoms with Crippen LogP contribution in [0.25, 0.3) is 0 Å². The van der Waals surface area contributed by atoms with Gasteiger partial charge >= 0.3 is 0 Å². The summed E-state index contributed by atoms with van der Waals surface area (Å²) in [6, 6.07) is 3.87. The molecule has 112 valence electrons. The number of hydrogen-bond donors (Lipinski definition) is 1. The third-order valence-corrected chi connectivity index (χ3v) is 5.42. The number of nitriles is 1. The largest absolute Gasteiger partial charge is 0.396 e. The van der Waals surface area contributed by atoms with Gasteiger partial charge in [-0.25, -0.2) is 0 Å². The van der Waals surface area contributed by atoms with Crippen LogP contribution < -0.4 is 4.90 Å². The fourth-order valence-electron chi connectivity index (χ4n) is 3.36. The topological polar surface area (TPSA) is 67.6 Å². The summed E-state index contributed by atoms with van der Waals surface area (Å²) in [4.78, 5) is 16.7. The fourth-order valence-corrected chi connectivity index (χ4v) is 4.25. The molecule has 0 bridgehead atoms. The van der Waals surface area contributed by atoms with Crippen LogP contribution in [0.5, 0.6) is 0 Å². The second kappa shape index (κ2) is 6.14. The van der Waals surface area contributed by atoms with Crippen molar-refractivity contribution in [2.45, 2.75) is 25.3 Å². The SMILES string of the molecule is N#Cc1ccsc1N1CCC(N2CCC(CCO)C2)C1=O. The van der Waals surface area contributed by atoms with Crippen LogP contribution in [0.3, 0.4) is 0 Å². The predicted molar refractivity (Wildman–Crippen MR) is 81.2 cm³/mol. The molecule has 0 aliphatic carbocycles. The summed E-state index contributed by atoms with van der Waals surface area (Å²) in [6.45, 7) is 2.76. The molecule has 2 aliphatic rings. The molecule has 6 heteroatoms. The average molecular weight is 305 g/mol. The van der Waals surface area contributed by atoms with Crippen LogP contribution in [0.2, 0.25) is 0 Å². The minimum atomic E-state index is -0.0534. The molecule has 2 atom stereocenters. The van der Waals surface area contributed by atoms with E-state index in [9.17, 15) is 4.79 Å². The molecule has 0 saturated carbocycles. The quantitative estimate of drug-likeness (QED) is 0.914. The van der Waals surface area contributed by atoms with Crippen LogP contribution in [0.4, 0.5) is 5.00 Å². The fraction of sp³-hybridized carbons (Fsp3) is 0.600. The summed E-state index contributed by atoms with van der Waals surface area (Å²) in [5.41, 5.74) is 0.591. The minimum Gasteiger partial charge on any atom is -0.396 e. The van der Waals surface area contributed by atoms with Gasteiger partial charge < -0.3 is 10.0 Å². The van der Waals surface area contributed by atoms with Crippen molar-refractivity contribution in [2.75, 3.05) is 31.1 Å². The molecule has 0 radical (unpaired) electrons. The third-order valence-electron chi connectivity index (χ3n) is 4.48. The number of carbonyl (C=O) groups is 1. The third kappa shape index (κ3) is 2.69. The van der Waals surface area contributed by atoms with Crippen molar-refractivity contribution < 1.29 is 9.90 Å². The first-order valence-electron chi connectivity index (χ1n) is 7.38. The average Bonchev–Trinajstić information content (AvgIpc) is 3.17. The molecule has 3 heterocycles. The van der Waals surface area contributed by atoms with Gasteiger partial charge in [0.15, 0.2) is 0 Å². The highest BCUT2D eigenvalue weighted by molar-refractivity contribution is 7.14. The first-order valence-corrected chi connectivity index (χ1v) is 8.26. The lowest BCUT2D eigenvalue weighted by Crippen LogP contribution is -2.40. The van der Waals surface area contributed by atoms with E-state index in [2.05, 4.69) is 11.0 Å². The van der Waals surface area contributed by atoms with E-state index >= 15 is 0 Å². The molecule has 1 amide bonds. The highest BCUT2D eigenvalue weighted by atomic mass is 32.1. The van der Waals surface area contributed by atoms with Crippen LogP contribution in [-0.2, 0) is 4.79 Å². The van der Waals surface area contributed by atoms with E-state index in [4.69, 9.17) is 10.4 Å². The van der Waals surface area contributed by atoms with E-state index < -0.39 is 0 Å². The molecule has 1 aromatic rings. The Bertz CT molecular complexity index is 566. The van der Waals surface area contributed by atoms with Crippen LogP contribution >= 0.6 is 11.3 Å². The van der Waals surface area contributed by atoms with E-state index in [0.717, 1.165) is 37.4 Å². The standard InChI is InChI=1S/C15H19N3O2S/c16-9-12-4-8-21-15(12)18-6-2-13(14(18)20)17-5-1-11(10-17)3-7-19/h4,8,11,13,19H,1-3,5-7,10H2. The van der Waals surface area contributed by atoms with Gasteiger partial charge in [-0.3, -0.25) is 9.69 Å². The summed E-state index contributed by atoms with van der Waals surface area (Å²) >= 11 is 1.46. The van der Waals surface area contributed by atoms with Gasteiger partial charge in [0.1, 0.15) is 11.1 Å². The number of nitrogens with zero attached hydrogens (tertiary/aromatic N) is 3. The van der Waals surface area contributed by atoms with E-state index in [0.29, 0.717) is 18.0 Å². The summed E-state index contributed by atoms with van der Waals surface area (Å²) in [6.07, 6.45) is 2.71. The smallest absolute Gasteiger partial charge is 0.245 e. The molecule has 0 aromatic carbocycles. The lowest BCUT2D eigenvalue weighted by Gasteiger charge is -2.23. The first kappa shape index (κ1) is 14.5. The molecule has 2 saturated heterocycles. The Labute approximate surface area is 128 Å². The first-order chi connectivity index (χ1) is 10.2.